The fraction of sp³-hybridized carbons (Fsp3) is 0.611. The third kappa shape index (κ3) is 11.7. The third-order valence-electron chi connectivity index (χ3n) is 4.00. The highest BCUT2D eigenvalue weighted by Gasteiger charge is 2.15. The zero-order chi connectivity index (χ0) is 21.4. The van der Waals surface area contributed by atoms with Crippen molar-refractivity contribution in [2.24, 2.45) is 0 Å². The molecule has 0 aliphatic carbocycles. The Morgan fingerprint density at radius 3 is 1.75 bits per heavy atom. The molecule has 10 heteroatoms. The van der Waals surface area contributed by atoms with Crippen molar-refractivity contribution in [1.82, 2.24) is 0 Å². The van der Waals surface area contributed by atoms with E-state index in [1.54, 1.807) is 0 Å². The number of aldehydes is 1. The first-order valence-electron chi connectivity index (χ1n) is 9.27. The van der Waals surface area contributed by atoms with Crippen LogP contribution in [0.1, 0.15) is 71.1 Å². The second kappa shape index (κ2) is 15.2. The Morgan fingerprint density at radius 1 is 0.750 bits per heavy atom. The van der Waals surface area contributed by atoms with Gasteiger partial charge in [-0.15, -0.1) is 0 Å². The van der Waals surface area contributed by atoms with Crippen molar-refractivity contribution in [2.45, 2.75) is 71.1 Å². The number of nitrogens with zero attached hydrogens (tertiary/aromatic N) is 3. The fourth-order valence-corrected chi connectivity index (χ4v) is 2.41. The van der Waals surface area contributed by atoms with Gasteiger partial charge in [0.05, 0.1) is 21.2 Å². The molecule has 0 bridgehead atoms. The quantitative estimate of drug-likeness (QED) is 0.160. The number of carbonyl (C=O) groups excluding carboxylic acids is 1. The van der Waals surface area contributed by atoms with Gasteiger partial charge in [0.1, 0.15) is 6.29 Å². The van der Waals surface area contributed by atoms with Crippen LogP contribution in [0.25, 0.3) is 0 Å². The van der Waals surface area contributed by atoms with E-state index in [2.05, 4.69) is 0 Å². The molecule has 0 aliphatic heterocycles. The smallest absolute Gasteiger partial charge is 0.246 e. The Balaban J connectivity index is 5.03. The van der Waals surface area contributed by atoms with Crippen LogP contribution in [-0.2, 0) is 4.79 Å². The minimum Gasteiger partial charge on any atom is -0.303 e. The van der Waals surface area contributed by atoms with Crippen LogP contribution in [0.15, 0.2) is 35.3 Å². The molecule has 0 fully saturated rings. The van der Waals surface area contributed by atoms with Crippen molar-refractivity contribution in [3.63, 3.8) is 0 Å². The van der Waals surface area contributed by atoms with E-state index < -0.39 is 14.8 Å². The van der Waals surface area contributed by atoms with Crippen molar-refractivity contribution >= 4 is 6.29 Å². The minimum atomic E-state index is -0.635. The van der Waals surface area contributed by atoms with Crippen LogP contribution >= 0.6 is 0 Å². The van der Waals surface area contributed by atoms with Gasteiger partial charge in [-0.2, -0.15) is 0 Å². The summed E-state index contributed by atoms with van der Waals surface area (Å²) in [4.78, 5) is 41.8. The van der Waals surface area contributed by atoms with Gasteiger partial charge in [-0.05, 0) is 43.9 Å². The lowest BCUT2D eigenvalue weighted by atomic mass is 10.1. The summed E-state index contributed by atoms with van der Waals surface area (Å²) in [5.41, 5.74) is -0.362. The number of hydrogen-bond donors (Lipinski definition) is 0. The first-order valence-corrected chi connectivity index (χ1v) is 9.27. The largest absolute Gasteiger partial charge is 0.303 e. The number of nitro groups is 3. The molecule has 0 unspecified atom stereocenters. The molecule has 0 atom stereocenters. The molecule has 0 radical (unpaired) electrons. The molecule has 0 N–H and O–H groups in total. The molecular formula is C18H27N3O7. The van der Waals surface area contributed by atoms with Gasteiger partial charge >= 0.3 is 0 Å². The Kier molecular flexibility index (Phi) is 13.6. The van der Waals surface area contributed by atoms with E-state index >= 15 is 0 Å². The molecule has 0 aromatic heterocycles. The van der Waals surface area contributed by atoms with Crippen LogP contribution in [0.5, 0.6) is 0 Å². The number of allylic oxidation sites excluding steroid dienone is 5. The van der Waals surface area contributed by atoms with Crippen LogP contribution in [0.2, 0.25) is 0 Å². The van der Waals surface area contributed by atoms with Crippen molar-refractivity contribution in [3.05, 3.63) is 65.7 Å². The molecule has 10 nitrogen and oxygen atoms in total. The van der Waals surface area contributed by atoms with E-state index in [0.717, 1.165) is 19.1 Å². The predicted molar refractivity (Wildman–Crippen MR) is 103 cm³/mol. The highest BCUT2D eigenvalue weighted by atomic mass is 16.6. The maximum absolute atomic E-state index is 11.1. The Morgan fingerprint density at radius 2 is 1.25 bits per heavy atom. The van der Waals surface area contributed by atoms with Gasteiger partial charge in [0, 0.05) is 19.3 Å². The average Bonchev–Trinajstić information content (AvgIpc) is 2.63. The summed E-state index contributed by atoms with van der Waals surface area (Å²) in [7, 11) is 0. The Hall–Kier alpha value is -2.91. The normalized spacial score (nSPS) is 12.7. The maximum Gasteiger partial charge on any atom is 0.246 e. The molecule has 0 aromatic rings. The van der Waals surface area contributed by atoms with Crippen molar-refractivity contribution in [1.29, 1.82) is 0 Å². The van der Waals surface area contributed by atoms with Gasteiger partial charge in [0.25, 0.3) is 0 Å². The number of unbranched alkanes of at least 4 members (excludes halogenated alkanes) is 4. The highest BCUT2D eigenvalue weighted by Crippen LogP contribution is 2.15. The molecule has 0 spiro atoms. The number of carbonyl (C=O) groups is 1. The Labute approximate surface area is 163 Å². The van der Waals surface area contributed by atoms with Crippen LogP contribution in [0, 0.1) is 30.3 Å². The van der Waals surface area contributed by atoms with Crippen LogP contribution in [0.4, 0.5) is 0 Å². The summed E-state index contributed by atoms with van der Waals surface area (Å²) < 4.78 is 0. The van der Waals surface area contributed by atoms with Gasteiger partial charge in [-0.3, -0.25) is 30.3 Å². The lowest BCUT2D eigenvalue weighted by molar-refractivity contribution is -0.432. The van der Waals surface area contributed by atoms with E-state index in [4.69, 9.17) is 0 Å². The predicted octanol–water partition coefficient (Wildman–Crippen LogP) is 4.59. The van der Waals surface area contributed by atoms with E-state index in [0.29, 0.717) is 25.7 Å². The first-order chi connectivity index (χ1) is 13.3. The second-order valence-corrected chi connectivity index (χ2v) is 6.17. The summed E-state index contributed by atoms with van der Waals surface area (Å²) in [6.45, 7) is 1.97. The minimum absolute atomic E-state index is 0.0161. The third-order valence-corrected chi connectivity index (χ3v) is 4.00. The summed E-state index contributed by atoms with van der Waals surface area (Å²) in [5.74, 6) is 0. The molecule has 0 aromatic carbocycles. The highest BCUT2D eigenvalue weighted by molar-refractivity contribution is 5.48. The van der Waals surface area contributed by atoms with E-state index in [9.17, 15) is 35.1 Å². The molecule has 0 saturated heterocycles. The molecule has 0 heterocycles. The van der Waals surface area contributed by atoms with E-state index in [-0.39, 0.29) is 42.8 Å². The van der Waals surface area contributed by atoms with Crippen molar-refractivity contribution < 1.29 is 19.6 Å². The van der Waals surface area contributed by atoms with Crippen molar-refractivity contribution in [3.8, 4) is 0 Å². The van der Waals surface area contributed by atoms with Gasteiger partial charge in [0.15, 0.2) is 0 Å². The summed E-state index contributed by atoms with van der Waals surface area (Å²) >= 11 is 0. The van der Waals surface area contributed by atoms with Crippen LogP contribution < -0.4 is 0 Å². The SMILES string of the molecule is CCCCC/C(=C\C/C(=C\C/C=C(\CCCCC=O)[N+](=O)[O-])[N+](=O)[O-])[N+](=O)[O-]. The molecule has 0 rings (SSSR count). The van der Waals surface area contributed by atoms with E-state index in [1.165, 1.54) is 18.2 Å². The molecule has 156 valence electrons. The number of hydrogen-bond acceptors (Lipinski definition) is 7. The fourth-order valence-electron chi connectivity index (χ4n) is 2.41. The molecule has 0 saturated carbocycles. The van der Waals surface area contributed by atoms with Gasteiger partial charge in [-0.25, -0.2) is 0 Å². The summed E-state index contributed by atoms with van der Waals surface area (Å²) in [6.07, 6.45) is 8.44. The standard InChI is InChI=1S/C18H27N3O7/c1-2-3-5-9-17(20(25)26)13-14-18(21(27)28)12-8-11-16(19(23)24)10-6-4-7-15-22/h11-13,15H,2-10,14H2,1H3/b16-11+,17-13+,18-12+. The molecule has 28 heavy (non-hydrogen) atoms. The topological polar surface area (TPSA) is 146 Å². The zero-order valence-electron chi connectivity index (χ0n) is 16.1. The lowest BCUT2D eigenvalue weighted by Crippen LogP contribution is -2.02. The Bertz CT molecular complexity index is 639. The maximum atomic E-state index is 11.1. The molecular weight excluding hydrogens is 370 g/mol. The summed E-state index contributed by atoms with van der Waals surface area (Å²) in [6, 6.07) is 0. The average molecular weight is 397 g/mol. The number of rotatable bonds is 16. The monoisotopic (exact) mass is 397 g/mol. The second-order valence-electron chi connectivity index (χ2n) is 6.17. The van der Waals surface area contributed by atoms with Gasteiger partial charge in [0.2, 0.25) is 17.1 Å². The van der Waals surface area contributed by atoms with Gasteiger partial charge < -0.3 is 4.79 Å². The zero-order valence-corrected chi connectivity index (χ0v) is 16.1. The van der Waals surface area contributed by atoms with Gasteiger partial charge in [-0.1, -0.05) is 19.8 Å². The first kappa shape index (κ1) is 25.1. The van der Waals surface area contributed by atoms with Crippen molar-refractivity contribution in [2.75, 3.05) is 0 Å². The lowest BCUT2D eigenvalue weighted by Gasteiger charge is -1.99. The van der Waals surface area contributed by atoms with E-state index in [1.807, 2.05) is 6.92 Å². The van der Waals surface area contributed by atoms with Crippen LogP contribution in [0.3, 0.4) is 0 Å². The molecule has 0 amide bonds. The van der Waals surface area contributed by atoms with Crippen LogP contribution in [-0.4, -0.2) is 21.1 Å². The molecule has 0 aliphatic rings. The summed E-state index contributed by atoms with van der Waals surface area (Å²) in [5, 5.41) is 33.2.